The van der Waals surface area contributed by atoms with Crippen molar-refractivity contribution in [1.82, 2.24) is 0 Å². The largest absolute Gasteiger partial charge is 0.504 e. The fourth-order valence-corrected chi connectivity index (χ4v) is 7.42. The molecule has 6 aromatic rings. The molecule has 20 heteroatoms. The minimum atomic E-state index is -2.96. The Morgan fingerprint density at radius 2 is 0.605 bits per heavy atom. The summed E-state index contributed by atoms with van der Waals surface area (Å²) in [5.41, 5.74) is -4.46. The van der Waals surface area contributed by atoms with Crippen LogP contribution < -0.4 is 0 Å². The van der Waals surface area contributed by atoms with Crippen LogP contribution in [0.5, 0.6) is 23.0 Å². The molecule has 0 aliphatic rings. The summed E-state index contributed by atoms with van der Waals surface area (Å²) in [4.78, 5) is 115. The molecule has 0 saturated carbocycles. The highest BCUT2D eigenvalue weighted by molar-refractivity contribution is 6.33. The van der Waals surface area contributed by atoms with Crippen LogP contribution in [0.25, 0.3) is 11.1 Å². The van der Waals surface area contributed by atoms with E-state index in [9.17, 15) is 49.2 Å². The number of carbonyl (C=O) groups excluding carboxylic acids is 8. The number of hydrogen-bond acceptors (Lipinski definition) is 20. The second-order valence-corrected chi connectivity index (χ2v) is 15.8. The quantitative estimate of drug-likeness (QED) is 0.0183. The van der Waals surface area contributed by atoms with Crippen LogP contribution in [0, 0.1) is 0 Å². The van der Waals surface area contributed by atoms with Crippen molar-refractivity contribution in [2.24, 2.45) is 0 Å². The monoisotopic (exact) mass is 1040 g/mol. The lowest BCUT2D eigenvalue weighted by molar-refractivity contribution is -0.193. The number of benzene rings is 6. The molecule has 6 aromatic carbocycles. The number of methoxy groups -OCH3 is 4. The Hall–Kier alpha value is -10.2. The first kappa shape index (κ1) is 55.1. The number of carbonyl (C=O) groups is 8. The van der Waals surface area contributed by atoms with Gasteiger partial charge >= 0.3 is 47.8 Å². The molecule has 390 valence electrons. The van der Waals surface area contributed by atoms with Crippen LogP contribution in [-0.2, 0) is 76.3 Å². The van der Waals surface area contributed by atoms with Gasteiger partial charge in [-0.05, 0) is 57.6 Å². The molecule has 0 saturated heterocycles. The van der Waals surface area contributed by atoms with Gasteiger partial charge in [-0.15, -0.1) is 0 Å². The molecule has 0 radical (unpaired) electrons. The van der Waals surface area contributed by atoms with Gasteiger partial charge in [-0.3, -0.25) is 0 Å². The van der Waals surface area contributed by atoms with Gasteiger partial charge in [0, 0.05) is 0 Å². The minimum Gasteiger partial charge on any atom is -0.504 e. The third kappa shape index (κ3) is 12.9. The second-order valence-electron chi connectivity index (χ2n) is 15.8. The maximum Gasteiger partial charge on any atom is 0.353 e. The van der Waals surface area contributed by atoms with Gasteiger partial charge in [-0.1, -0.05) is 133 Å². The Labute approximate surface area is 432 Å². The van der Waals surface area contributed by atoms with Gasteiger partial charge in [0.15, 0.2) is 46.4 Å². The molecule has 6 rings (SSSR count). The predicted octanol–water partition coefficient (Wildman–Crippen LogP) is 5.90. The highest BCUT2D eigenvalue weighted by Crippen LogP contribution is 2.35. The maximum atomic E-state index is 15.3. The first-order valence-electron chi connectivity index (χ1n) is 22.4. The zero-order valence-electron chi connectivity index (χ0n) is 40.6. The van der Waals surface area contributed by atoms with Crippen molar-refractivity contribution in [2.75, 3.05) is 28.4 Å². The van der Waals surface area contributed by atoms with Crippen molar-refractivity contribution in [1.29, 1.82) is 0 Å². The second kappa shape index (κ2) is 25.4. The molecule has 0 aromatic heterocycles. The van der Waals surface area contributed by atoms with Gasteiger partial charge in [0.2, 0.25) is 12.2 Å². The summed E-state index contributed by atoms with van der Waals surface area (Å²) in [5, 5.41) is 41.1. The predicted molar refractivity (Wildman–Crippen MR) is 263 cm³/mol. The van der Waals surface area contributed by atoms with E-state index < -0.39 is 129 Å². The molecule has 0 heterocycles. The fourth-order valence-electron chi connectivity index (χ4n) is 7.42. The molecule has 0 amide bonds. The zero-order valence-corrected chi connectivity index (χ0v) is 40.6. The van der Waals surface area contributed by atoms with Gasteiger partial charge < -0.3 is 58.3 Å². The molecule has 20 nitrogen and oxygen atoms in total. The van der Waals surface area contributed by atoms with Gasteiger partial charge in [0.25, 0.3) is 0 Å². The van der Waals surface area contributed by atoms with E-state index >= 15 is 9.59 Å². The molecule has 0 spiro atoms. The number of aromatic hydroxyl groups is 4. The van der Waals surface area contributed by atoms with E-state index in [-0.39, 0.29) is 0 Å². The van der Waals surface area contributed by atoms with Crippen LogP contribution in [0.15, 0.2) is 169 Å². The van der Waals surface area contributed by atoms with E-state index in [1.165, 1.54) is 0 Å². The van der Waals surface area contributed by atoms with Crippen LogP contribution >= 0.6 is 0 Å². The zero-order chi connectivity index (χ0) is 55.1. The van der Waals surface area contributed by atoms with Crippen molar-refractivity contribution >= 4 is 58.9 Å². The van der Waals surface area contributed by atoms with Crippen LogP contribution in [0.2, 0.25) is 0 Å². The SMILES string of the molecule is COC(=O)C(C(=O)O[C@@H](C(=O)OC(c1ccccc1)c1ccccc1)[C@@H](OC(=O)C(C(=O)OC)=C(C(=O)OC)c1ccc(O)c(O)c1)C(=O)OC(c1ccccc1)c1ccccc1)=C(C(=O)OC)c1ccc(O)c(O)c1. The van der Waals surface area contributed by atoms with Crippen LogP contribution in [-0.4, -0.2) is 109 Å². The molecule has 0 aliphatic heterocycles. The molecule has 76 heavy (non-hydrogen) atoms. The van der Waals surface area contributed by atoms with Crippen molar-refractivity contribution in [3.8, 4) is 23.0 Å². The fraction of sp³-hybridized carbons (Fsp3) is 0.143. The Morgan fingerprint density at radius 1 is 0.329 bits per heavy atom. The number of phenolic OH excluding ortho intramolecular Hbond substituents is 4. The Bertz CT molecular complexity index is 2890. The highest BCUT2D eigenvalue weighted by atomic mass is 16.6. The van der Waals surface area contributed by atoms with Crippen molar-refractivity contribution in [3.05, 3.63) is 202 Å². The molecule has 0 fully saturated rings. The van der Waals surface area contributed by atoms with Gasteiger partial charge in [-0.2, -0.15) is 0 Å². The normalized spacial score (nSPS) is 12.3. The maximum absolute atomic E-state index is 15.3. The number of esters is 8. The number of rotatable bonds is 19. The van der Waals surface area contributed by atoms with E-state index in [1.807, 2.05) is 0 Å². The van der Waals surface area contributed by atoms with E-state index in [4.69, 9.17) is 37.9 Å². The minimum absolute atomic E-state index is 0.294. The average molecular weight is 1040 g/mol. The summed E-state index contributed by atoms with van der Waals surface area (Å²) >= 11 is 0. The standard InChI is InChI=1S/C56H46O20/c1-69-49(61)41(35-25-27-37(57)39(59)29-35)43(51(63)71-3)53(65)75-47(55(67)73-45(31-17-9-5-10-18-31)32-19-11-6-12-20-32)48(56(68)74-46(33-21-13-7-14-22-33)34-23-15-8-16-24-34)76-54(66)44(52(64)72-4)42(50(62)70-2)36-26-28-38(58)40(60)30-36/h5-30,45-48,57-60H,1-4H3/t47-,48-/m1/s1. The number of phenols is 4. The first-order valence-corrected chi connectivity index (χ1v) is 22.4. The highest BCUT2D eigenvalue weighted by Gasteiger charge is 2.48. The topological polar surface area (TPSA) is 291 Å². The average Bonchev–Trinajstić information content (AvgIpc) is 3.45. The molecule has 0 unspecified atom stereocenters. The van der Waals surface area contributed by atoms with Crippen molar-refractivity contribution in [3.63, 3.8) is 0 Å². The Morgan fingerprint density at radius 3 is 0.855 bits per heavy atom. The van der Waals surface area contributed by atoms with Crippen LogP contribution in [0.1, 0.15) is 45.6 Å². The summed E-state index contributed by atoms with van der Waals surface area (Å²) < 4.78 is 43.2. The van der Waals surface area contributed by atoms with Crippen LogP contribution in [0.3, 0.4) is 0 Å². The lowest BCUT2D eigenvalue weighted by Gasteiger charge is -2.29. The molecule has 0 bridgehead atoms. The third-order valence-electron chi connectivity index (χ3n) is 11.1. The molecule has 4 N–H and O–H groups in total. The van der Waals surface area contributed by atoms with E-state index in [0.717, 1.165) is 64.8 Å². The van der Waals surface area contributed by atoms with Gasteiger partial charge in [-0.25, -0.2) is 38.4 Å². The smallest absolute Gasteiger partial charge is 0.353 e. The Balaban J connectivity index is 1.66. The lowest BCUT2D eigenvalue weighted by atomic mass is 9.98. The Kier molecular flexibility index (Phi) is 18.4. The summed E-state index contributed by atoms with van der Waals surface area (Å²) in [6.45, 7) is 0. The number of hydrogen-bond donors (Lipinski definition) is 4. The summed E-state index contributed by atoms with van der Waals surface area (Å²) in [5.74, 6) is -16.7. The first-order chi connectivity index (χ1) is 36.5. The van der Waals surface area contributed by atoms with Crippen LogP contribution in [0.4, 0.5) is 0 Å². The summed E-state index contributed by atoms with van der Waals surface area (Å²) in [6.07, 6.45) is -8.78. The van der Waals surface area contributed by atoms with E-state index in [0.29, 0.717) is 22.3 Å². The van der Waals surface area contributed by atoms with Gasteiger partial charge in [0.1, 0.15) is 0 Å². The third-order valence-corrected chi connectivity index (χ3v) is 11.1. The molecule has 0 aliphatic carbocycles. The van der Waals surface area contributed by atoms with E-state index in [2.05, 4.69) is 0 Å². The van der Waals surface area contributed by atoms with Crippen molar-refractivity contribution < 1.29 is 96.7 Å². The van der Waals surface area contributed by atoms with Crippen molar-refractivity contribution in [2.45, 2.75) is 24.4 Å². The summed E-state index contributed by atoms with van der Waals surface area (Å²) in [6, 6.07) is 37.1. The molecular formula is C56H46O20. The number of ether oxygens (including phenoxy) is 8. The molecule has 2 atom stereocenters. The van der Waals surface area contributed by atoms with Gasteiger partial charge in [0.05, 0.1) is 39.6 Å². The summed E-state index contributed by atoms with van der Waals surface area (Å²) in [7, 11) is 3.29. The molecular weight excluding hydrogens is 993 g/mol. The lowest BCUT2D eigenvalue weighted by Crippen LogP contribution is -2.49. The van der Waals surface area contributed by atoms with E-state index in [1.54, 1.807) is 121 Å².